The second-order valence-corrected chi connectivity index (χ2v) is 8.36. The Balaban J connectivity index is 1.48. The maximum absolute atomic E-state index is 2.46. The van der Waals surface area contributed by atoms with Crippen molar-refractivity contribution in [1.82, 2.24) is 0 Å². The van der Waals surface area contributed by atoms with Gasteiger partial charge in [0.05, 0.1) is 0 Å². The zero-order chi connectivity index (χ0) is 18.2. The van der Waals surface area contributed by atoms with E-state index in [1.54, 1.807) is 0 Å². The molecule has 0 amide bonds. The first-order chi connectivity index (χ1) is 12.8. The van der Waals surface area contributed by atoms with Crippen molar-refractivity contribution in [3.63, 3.8) is 0 Å². The second-order valence-electron chi connectivity index (χ2n) is 8.36. The maximum Gasteiger partial charge on any atom is 0.0187 e. The fourth-order valence-corrected chi connectivity index (χ4v) is 4.78. The topological polar surface area (TPSA) is 0 Å². The van der Waals surface area contributed by atoms with E-state index in [0.29, 0.717) is 0 Å². The molecule has 2 aromatic carbocycles. The van der Waals surface area contributed by atoms with Crippen LogP contribution in [0, 0.1) is 0 Å². The van der Waals surface area contributed by atoms with Gasteiger partial charge in [-0.1, -0.05) is 127 Å². The first kappa shape index (κ1) is 19.2. The molecular weight excluding hydrogens is 312 g/mol. The third-order valence-corrected chi connectivity index (χ3v) is 6.36. The molecule has 26 heavy (non-hydrogen) atoms. The van der Waals surface area contributed by atoms with Gasteiger partial charge in [0.1, 0.15) is 0 Å². The van der Waals surface area contributed by atoms with Crippen molar-refractivity contribution in [3.05, 3.63) is 59.7 Å². The predicted molar refractivity (Wildman–Crippen MR) is 115 cm³/mol. The summed E-state index contributed by atoms with van der Waals surface area (Å²) in [5, 5.41) is 0. The second kappa shape index (κ2) is 9.40. The van der Waals surface area contributed by atoms with E-state index in [0.717, 1.165) is 0 Å². The number of fused-ring (bicyclic) bond motifs is 3. The quantitative estimate of drug-likeness (QED) is 0.358. The van der Waals surface area contributed by atoms with Crippen LogP contribution in [0.15, 0.2) is 48.5 Å². The van der Waals surface area contributed by atoms with Gasteiger partial charge in [0.15, 0.2) is 0 Å². The van der Waals surface area contributed by atoms with Crippen molar-refractivity contribution in [2.75, 3.05) is 0 Å². The van der Waals surface area contributed by atoms with E-state index >= 15 is 0 Å². The maximum atomic E-state index is 2.46. The van der Waals surface area contributed by atoms with Gasteiger partial charge in [0, 0.05) is 5.41 Å². The lowest BCUT2D eigenvalue weighted by molar-refractivity contribution is 0.477. The standard InChI is InChI=1S/C26H36/c1-3-4-5-6-7-8-9-10-11-16-21-26(2)24-19-14-12-17-22(24)23-18-13-15-20-25(23)26/h12-15,17-20H,3-11,16,21H2,1-2H3. The van der Waals surface area contributed by atoms with Gasteiger partial charge in [0.2, 0.25) is 0 Å². The van der Waals surface area contributed by atoms with Crippen LogP contribution in [0.25, 0.3) is 11.1 Å². The average Bonchev–Trinajstić information content (AvgIpc) is 2.93. The van der Waals surface area contributed by atoms with Gasteiger partial charge in [-0.2, -0.15) is 0 Å². The molecule has 0 fully saturated rings. The molecule has 0 radical (unpaired) electrons. The van der Waals surface area contributed by atoms with Crippen LogP contribution >= 0.6 is 0 Å². The fourth-order valence-electron chi connectivity index (χ4n) is 4.78. The van der Waals surface area contributed by atoms with E-state index in [2.05, 4.69) is 62.4 Å². The minimum Gasteiger partial charge on any atom is -0.0654 e. The number of unbranched alkanes of at least 4 members (excludes halogenated alkanes) is 9. The Hall–Kier alpha value is -1.56. The third-order valence-electron chi connectivity index (χ3n) is 6.36. The molecule has 0 spiro atoms. The van der Waals surface area contributed by atoms with Gasteiger partial charge in [0.25, 0.3) is 0 Å². The molecule has 0 aromatic heterocycles. The highest BCUT2D eigenvalue weighted by Gasteiger charge is 2.37. The fraction of sp³-hybridized carbons (Fsp3) is 0.538. The zero-order valence-corrected chi connectivity index (χ0v) is 16.9. The Bertz CT molecular complexity index is 636. The average molecular weight is 349 g/mol. The van der Waals surface area contributed by atoms with E-state index in [1.807, 2.05) is 0 Å². The summed E-state index contributed by atoms with van der Waals surface area (Å²) < 4.78 is 0. The summed E-state index contributed by atoms with van der Waals surface area (Å²) in [5.74, 6) is 0. The van der Waals surface area contributed by atoms with Crippen LogP contribution in [-0.4, -0.2) is 0 Å². The Morgan fingerprint density at radius 3 is 1.50 bits per heavy atom. The molecule has 0 saturated carbocycles. The van der Waals surface area contributed by atoms with Gasteiger partial charge in [-0.3, -0.25) is 0 Å². The Labute approximate surface area is 161 Å². The molecule has 0 heteroatoms. The van der Waals surface area contributed by atoms with Crippen LogP contribution in [0.1, 0.15) is 95.6 Å². The summed E-state index contributed by atoms with van der Waals surface area (Å²) in [5.41, 5.74) is 6.19. The summed E-state index contributed by atoms with van der Waals surface area (Å²) in [4.78, 5) is 0. The van der Waals surface area contributed by atoms with Crippen LogP contribution < -0.4 is 0 Å². The molecule has 0 atom stereocenters. The lowest BCUT2D eigenvalue weighted by atomic mass is 9.76. The van der Waals surface area contributed by atoms with Crippen LogP contribution in [0.5, 0.6) is 0 Å². The molecule has 0 unspecified atom stereocenters. The molecule has 0 aliphatic heterocycles. The summed E-state index contributed by atoms with van der Waals surface area (Å²) >= 11 is 0. The van der Waals surface area contributed by atoms with Crippen molar-refractivity contribution in [3.8, 4) is 11.1 Å². The zero-order valence-electron chi connectivity index (χ0n) is 16.9. The summed E-state index contributed by atoms with van der Waals surface area (Å²) in [6.45, 7) is 4.76. The van der Waals surface area contributed by atoms with Crippen LogP contribution in [0.2, 0.25) is 0 Å². The van der Waals surface area contributed by atoms with E-state index < -0.39 is 0 Å². The Kier molecular flexibility index (Phi) is 6.94. The molecule has 0 saturated heterocycles. The highest BCUT2D eigenvalue weighted by atomic mass is 14.4. The molecule has 1 aliphatic rings. The molecule has 0 nitrogen and oxygen atoms in total. The molecule has 0 heterocycles. The monoisotopic (exact) mass is 348 g/mol. The van der Waals surface area contributed by atoms with E-state index in [9.17, 15) is 0 Å². The molecule has 2 aromatic rings. The molecule has 140 valence electrons. The lowest BCUT2D eigenvalue weighted by Gasteiger charge is -2.27. The third kappa shape index (κ3) is 4.22. The van der Waals surface area contributed by atoms with Crippen molar-refractivity contribution >= 4 is 0 Å². The first-order valence-electron chi connectivity index (χ1n) is 11.0. The van der Waals surface area contributed by atoms with Gasteiger partial charge in [-0.15, -0.1) is 0 Å². The van der Waals surface area contributed by atoms with E-state index in [4.69, 9.17) is 0 Å². The van der Waals surface area contributed by atoms with Crippen molar-refractivity contribution in [1.29, 1.82) is 0 Å². The molecule has 3 rings (SSSR count). The van der Waals surface area contributed by atoms with Crippen LogP contribution in [0.3, 0.4) is 0 Å². The largest absolute Gasteiger partial charge is 0.0654 e. The number of hydrogen-bond donors (Lipinski definition) is 0. The number of hydrogen-bond acceptors (Lipinski definition) is 0. The van der Waals surface area contributed by atoms with E-state index in [1.165, 1.54) is 92.9 Å². The lowest BCUT2D eigenvalue weighted by Crippen LogP contribution is -2.20. The van der Waals surface area contributed by atoms with Crippen molar-refractivity contribution in [2.24, 2.45) is 0 Å². The number of rotatable bonds is 11. The normalized spacial score (nSPS) is 14.2. The summed E-state index contributed by atoms with van der Waals surface area (Å²) in [7, 11) is 0. The molecule has 0 N–H and O–H groups in total. The minimum atomic E-state index is 0.202. The highest BCUT2D eigenvalue weighted by molar-refractivity contribution is 5.80. The van der Waals surface area contributed by atoms with Crippen LogP contribution in [-0.2, 0) is 5.41 Å². The highest BCUT2D eigenvalue weighted by Crippen LogP contribution is 2.50. The van der Waals surface area contributed by atoms with Crippen molar-refractivity contribution in [2.45, 2.75) is 89.9 Å². The smallest absolute Gasteiger partial charge is 0.0187 e. The van der Waals surface area contributed by atoms with Gasteiger partial charge in [-0.25, -0.2) is 0 Å². The Morgan fingerprint density at radius 2 is 1.00 bits per heavy atom. The first-order valence-corrected chi connectivity index (χ1v) is 11.0. The molecular formula is C26H36. The van der Waals surface area contributed by atoms with Gasteiger partial charge in [-0.05, 0) is 28.7 Å². The molecule has 0 bridgehead atoms. The van der Waals surface area contributed by atoms with Crippen molar-refractivity contribution < 1.29 is 0 Å². The predicted octanol–water partition coefficient (Wildman–Crippen LogP) is 8.28. The summed E-state index contributed by atoms with van der Waals surface area (Å²) in [6, 6.07) is 18.1. The number of benzene rings is 2. The minimum absolute atomic E-state index is 0.202. The van der Waals surface area contributed by atoms with Crippen LogP contribution in [0.4, 0.5) is 0 Å². The SMILES string of the molecule is CCCCCCCCCCCCC1(C)c2ccccc2-c2ccccc21. The van der Waals surface area contributed by atoms with Gasteiger partial charge < -0.3 is 0 Å². The van der Waals surface area contributed by atoms with E-state index in [-0.39, 0.29) is 5.41 Å². The van der Waals surface area contributed by atoms with Gasteiger partial charge >= 0.3 is 0 Å². The summed E-state index contributed by atoms with van der Waals surface area (Å²) in [6.07, 6.45) is 15.4. The Morgan fingerprint density at radius 1 is 0.577 bits per heavy atom. The molecule has 1 aliphatic carbocycles.